The summed E-state index contributed by atoms with van der Waals surface area (Å²) in [6.07, 6.45) is 10.9. The van der Waals surface area contributed by atoms with Gasteiger partial charge in [-0.15, -0.1) is 0 Å². The predicted octanol–water partition coefficient (Wildman–Crippen LogP) is 2.84. The molecule has 1 aromatic rings. The second-order valence-corrected chi connectivity index (χ2v) is 7.54. The lowest BCUT2D eigenvalue weighted by atomic mass is 9.79. The number of methoxy groups -OCH3 is 1. The Labute approximate surface area is 145 Å². The molecule has 2 fully saturated rings. The molecule has 3 rings (SSSR count). The van der Waals surface area contributed by atoms with Gasteiger partial charge < -0.3 is 9.26 Å². The van der Waals surface area contributed by atoms with Crippen LogP contribution in [0.15, 0.2) is 4.52 Å². The fraction of sp³-hybridized carbons (Fsp3) is 0.889. The molecule has 0 aromatic carbocycles. The Morgan fingerprint density at radius 1 is 1.12 bits per heavy atom. The number of ether oxygens (including phenoxy) is 1. The molecule has 1 aliphatic heterocycles. The first-order valence-electron chi connectivity index (χ1n) is 9.46. The third-order valence-electron chi connectivity index (χ3n) is 5.56. The van der Waals surface area contributed by atoms with Crippen LogP contribution in [0.3, 0.4) is 0 Å². The zero-order valence-corrected chi connectivity index (χ0v) is 15.3. The van der Waals surface area contributed by atoms with Crippen molar-refractivity contribution in [3.8, 4) is 0 Å². The second kappa shape index (κ2) is 8.41. The maximum Gasteiger partial charge on any atom is 0.240 e. The minimum absolute atomic E-state index is 0.350. The largest absolute Gasteiger partial charge is 0.377 e. The van der Waals surface area contributed by atoms with Crippen LogP contribution in [0, 0.1) is 0 Å². The molecule has 1 aliphatic carbocycles. The molecule has 0 N–H and O–H groups in total. The van der Waals surface area contributed by atoms with Gasteiger partial charge in [0.25, 0.3) is 0 Å². The standard InChI is InChI=1S/C18H32N4O2/c1-21(13-17-19-16(14-23-2)20-24-17)15-18(9-5-3-6-10-18)22-11-7-4-8-12-22/h3-15H2,1-2H3. The summed E-state index contributed by atoms with van der Waals surface area (Å²) < 4.78 is 10.4. The van der Waals surface area contributed by atoms with Crippen molar-refractivity contribution in [1.82, 2.24) is 19.9 Å². The molecule has 1 aromatic heterocycles. The summed E-state index contributed by atoms with van der Waals surface area (Å²) in [7, 11) is 3.83. The number of hydrogen-bond donors (Lipinski definition) is 0. The monoisotopic (exact) mass is 336 g/mol. The van der Waals surface area contributed by atoms with Gasteiger partial charge in [0.1, 0.15) is 6.61 Å². The smallest absolute Gasteiger partial charge is 0.240 e. The fourth-order valence-electron chi connectivity index (χ4n) is 4.48. The zero-order valence-electron chi connectivity index (χ0n) is 15.3. The summed E-state index contributed by atoms with van der Waals surface area (Å²) >= 11 is 0. The Kier molecular flexibility index (Phi) is 6.25. The van der Waals surface area contributed by atoms with Crippen molar-refractivity contribution in [1.29, 1.82) is 0 Å². The normalized spacial score (nSPS) is 22.1. The number of piperidine rings is 1. The third-order valence-corrected chi connectivity index (χ3v) is 5.56. The van der Waals surface area contributed by atoms with Gasteiger partial charge in [0.2, 0.25) is 5.89 Å². The molecule has 0 atom stereocenters. The van der Waals surface area contributed by atoms with Crippen molar-refractivity contribution >= 4 is 0 Å². The van der Waals surface area contributed by atoms with E-state index >= 15 is 0 Å². The molecule has 0 spiro atoms. The van der Waals surface area contributed by atoms with Crippen LogP contribution in [0.25, 0.3) is 0 Å². The maximum absolute atomic E-state index is 5.36. The van der Waals surface area contributed by atoms with Crippen molar-refractivity contribution in [3.63, 3.8) is 0 Å². The number of likely N-dealkylation sites (N-methyl/N-ethyl adjacent to an activating group) is 1. The lowest BCUT2D eigenvalue weighted by Crippen LogP contribution is -2.57. The van der Waals surface area contributed by atoms with Gasteiger partial charge in [-0.05, 0) is 45.8 Å². The van der Waals surface area contributed by atoms with Crippen molar-refractivity contribution in [2.24, 2.45) is 0 Å². The highest BCUT2D eigenvalue weighted by Crippen LogP contribution is 2.36. The van der Waals surface area contributed by atoms with E-state index in [-0.39, 0.29) is 0 Å². The van der Waals surface area contributed by atoms with E-state index in [9.17, 15) is 0 Å². The van der Waals surface area contributed by atoms with E-state index in [1.807, 2.05) is 0 Å². The van der Waals surface area contributed by atoms with E-state index in [0.717, 1.165) is 6.54 Å². The van der Waals surface area contributed by atoms with Crippen LogP contribution >= 0.6 is 0 Å². The van der Waals surface area contributed by atoms with E-state index < -0.39 is 0 Å². The summed E-state index contributed by atoms with van der Waals surface area (Å²) in [4.78, 5) is 9.56. The highest BCUT2D eigenvalue weighted by Gasteiger charge is 2.39. The van der Waals surface area contributed by atoms with Crippen LogP contribution < -0.4 is 0 Å². The first-order chi connectivity index (χ1) is 11.7. The van der Waals surface area contributed by atoms with Crippen molar-refractivity contribution in [2.75, 3.05) is 33.8 Å². The maximum atomic E-state index is 5.36. The van der Waals surface area contributed by atoms with Gasteiger partial charge >= 0.3 is 0 Å². The lowest BCUT2D eigenvalue weighted by Gasteiger charge is -2.49. The molecule has 1 saturated heterocycles. The molecule has 0 radical (unpaired) electrons. The summed E-state index contributed by atoms with van der Waals surface area (Å²) in [5, 5.41) is 3.96. The minimum Gasteiger partial charge on any atom is -0.377 e. The van der Waals surface area contributed by atoms with E-state index in [1.54, 1.807) is 7.11 Å². The molecule has 2 aliphatic rings. The third kappa shape index (κ3) is 4.35. The quantitative estimate of drug-likeness (QED) is 0.763. The number of hydrogen-bond acceptors (Lipinski definition) is 6. The highest BCUT2D eigenvalue weighted by atomic mass is 16.5. The van der Waals surface area contributed by atoms with Gasteiger partial charge in [-0.2, -0.15) is 4.98 Å². The zero-order chi connectivity index (χ0) is 16.8. The Morgan fingerprint density at radius 2 is 1.83 bits per heavy atom. The molecule has 6 nitrogen and oxygen atoms in total. The Hall–Kier alpha value is -0.980. The number of rotatable bonds is 7. The van der Waals surface area contributed by atoms with Gasteiger partial charge in [-0.25, -0.2) is 0 Å². The molecule has 0 unspecified atom stereocenters. The molecule has 2 heterocycles. The van der Waals surface area contributed by atoms with E-state index in [4.69, 9.17) is 9.26 Å². The summed E-state index contributed by atoms with van der Waals surface area (Å²) in [6.45, 7) is 4.75. The minimum atomic E-state index is 0.350. The first kappa shape index (κ1) is 17.8. The Morgan fingerprint density at radius 3 is 2.54 bits per heavy atom. The van der Waals surface area contributed by atoms with Crippen LogP contribution in [0.1, 0.15) is 63.1 Å². The molecule has 136 valence electrons. The SMILES string of the molecule is COCc1noc(CN(C)CC2(N3CCCCC3)CCCCC2)n1. The molecule has 24 heavy (non-hydrogen) atoms. The topological polar surface area (TPSA) is 54.6 Å². The van der Waals surface area contributed by atoms with E-state index in [2.05, 4.69) is 27.0 Å². The van der Waals surface area contributed by atoms with Gasteiger partial charge in [-0.1, -0.05) is 30.8 Å². The average Bonchev–Trinajstić information content (AvgIpc) is 3.03. The van der Waals surface area contributed by atoms with E-state index in [1.165, 1.54) is 64.5 Å². The van der Waals surface area contributed by atoms with Crippen molar-refractivity contribution in [2.45, 2.75) is 70.1 Å². The Balaban J connectivity index is 1.62. The van der Waals surface area contributed by atoms with Crippen LogP contribution in [0.2, 0.25) is 0 Å². The van der Waals surface area contributed by atoms with Crippen LogP contribution in [-0.4, -0.2) is 59.3 Å². The molecule has 0 bridgehead atoms. The second-order valence-electron chi connectivity index (χ2n) is 7.54. The van der Waals surface area contributed by atoms with Gasteiger partial charge in [-0.3, -0.25) is 9.80 Å². The van der Waals surface area contributed by atoms with Gasteiger partial charge in [0.05, 0.1) is 6.54 Å². The molecule has 1 saturated carbocycles. The number of nitrogens with zero attached hydrogens (tertiary/aromatic N) is 4. The number of likely N-dealkylation sites (tertiary alicyclic amines) is 1. The fourth-order valence-corrected chi connectivity index (χ4v) is 4.48. The molecule has 6 heteroatoms. The summed E-state index contributed by atoms with van der Waals surface area (Å²) in [6, 6.07) is 0. The highest BCUT2D eigenvalue weighted by molar-refractivity contribution is 4.97. The van der Waals surface area contributed by atoms with E-state index in [0.29, 0.717) is 30.4 Å². The van der Waals surface area contributed by atoms with Gasteiger partial charge in [0.15, 0.2) is 5.82 Å². The van der Waals surface area contributed by atoms with Crippen LogP contribution in [-0.2, 0) is 17.9 Å². The number of aromatic nitrogens is 2. The van der Waals surface area contributed by atoms with Crippen molar-refractivity contribution < 1.29 is 9.26 Å². The Bertz CT molecular complexity index is 493. The molecule has 0 amide bonds. The summed E-state index contributed by atoms with van der Waals surface area (Å²) in [5.74, 6) is 1.32. The van der Waals surface area contributed by atoms with Crippen LogP contribution in [0.5, 0.6) is 0 Å². The summed E-state index contributed by atoms with van der Waals surface area (Å²) in [5.41, 5.74) is 0.350. The van der Waals surface area contributed by atoms with Crippen LogP contribution in [0.4, 0.5) is 0 Å². The molecular formula is C18H32N4O2. The van der Waals surface area contributed by atoms with Crippen molar-refractivity contribution in [3.05, 3.63) is 11.7 Å². The predicted molar refractivity (Wildman–Crippen MR) is 92.6 cm³/mol. The average molecular weight is 336 g/mol. The molecular weight excluding hydrogens is 304 g/mol. The lowest BCUT2D eigenvalue weighted by molar-refractivity contribution is 0.00619. The first-order valence-corrected chi connectivity index (χ1v) is 9.46. The van der Waals surface area contributed by atoms with Gasteiger partial charge in [0, 0.05) is 19.2 Å².